The normalized spacial score (nSPS) is 17.8. The van der Waals surface area contributed by atoms with E-state index >= 15 is 0 Å². The van der Waals surface area contributed by atoms with Gasteiger partial charge in [-0.05, 0) is 36.6 Å². The van der Waals surface area contributed by atoms with Crippen LogP contribution in [0.15, 0.2) is 42.9 Å². The lowest BCUT2D eigenvalue weighted by atomic mass is 10.2. The van der Waals surface area contributed by atoms with E-state index in [1.165, 1.54) is 6.42 Å². The molecular formula is C16H18N4O. The van der Waals surface area contributed by atoms with Gasteiger partial charge in [0.2, 0.25) is 0 Å². The number of hydrogen-bond donors (Lipinski definition) is 1. The molecule has 2 aromatic rings. The molecule has 0 aliphatic carbocycles. The van der Waals surface area contributed by atoms with Gasteiger partial charge < -0.3 is 10.2 Å². The molecule has 21 heavy (non-hydrogen) atoms. The van der Waals surface area contributed by atoms with Crippen molar-refractivity contribution < 1.29 is 4.79 Å². The van der Waals surface area contributed by atoms with E-state index < -0.39 is 0 Å². The van der Waals surface area contributed by atoms with Crippen LogP contribution in [0.5, 0.6) is 0 Å². The first-order valence-corrected chi connectivity index (χ1v) is 7.15. The van der Waals surface area contributed by atoms with E-state index in [4.69, 9.17) is 0 Å². The predicted octanol–water partition coefficient (Wildman–Crippen LogP) is 2.58. The summed E-state index contributed by atoms with van der Waals surface area (Å²) in [5.41, 5.74) is 1.36. The van der Waals surface area contributed by atoms with Crippen molar-refractivity contribution in [1.82, 2.24) is 9.97 Å². The molecule has 1 fully saturated rings. The van der Waals surface area contributed by atoms with Gasteiger partial charge in [0.05, 0.1) is 0 Å². The van der Waals surface area contributed by atoms with E-state index in [1.54, 1.807) is 36.8 Å². The van der Waals surface area contributed by atoms with Crippen LogP contribution < -0.4 is 10.2 Å². The number of carbonyl (C=O) groups excluding carboxylic acids is 1. The zero-order valence-electron chi connectivity index (χ0n) is 12.0. The van der Waals surface area contributed by atoms with E-state index in [-0.39, 0.29) is 5.91 Å². The Morgan fingerprint density at radius 3 is 2.81 bits per heavy atom. The van der Waals surface area contributed by atoms with Gasteiger partial charge in [0.1, 0.15) is 5.82 Å². The maximum atomic E-state index is 12.3. The predicted molar refractivity (Wildman–Crippen MR) is 82.4 cm³/mol. The number of hydrogen-bond acceptors (Lipinski definition) is 4. The van der Waals surface area contributed by atoms with Crippen LogP contribution in [-0.4, -0.2) is 29.0 Å². The molecule has 2 aromatic heterocycles. The highest BCUT2D eigenvalue weighted by molar-refractivity contribution is 6.04. The van der Waals surface area contributed by atoms with Crippen LogP contribution in [0.4, 0.5) is 11.5 Å². The van der Waals surface area contributed by atoms with E-state index in [2.05, 4.69) is 27.1 Å². The molecule has 1 atom stereocenters. The average molecular weight is 282 g/mol. The van der Waals surface area contributed by atoms with Crippen molar-refractivity contribution in [3.05, 3.63) is 48.4 Å². The minimum absolute atomic E-state index is 0.128. The summed E-state index contributed by atoms with van der Waals surface area (Å²) in [5, 5.41) is 2.86. The molecule has 0 radical (unpaired) electrons. The molecule has 0 spiro atoms. The first-order chi connectivity index (χ1) is 10.2. The molecule has 3 rings (SSSR count). The fraction of sp³-hybridized carbons (Fsp3) is 0.312. The summed E-state index contributed by atoms with van der Waals surface area (Å²) in [7, 11) is 0. The van der Waals surface area contributed by atoms with Crippen LogP contribution in [0, 0.1) is 5.92 Å². The highest BCUT2D eigenvalue weighted by Crippen LogP contribution is 2.22. The number of rotatable bonds is 3. The Morgan fingerprint density at radius 2 is 2.10 bits per heavy atom. The third-order valence-electron chi connectivity index (χ3n) is 3.69. The number of nitrogens with zero attached hydrogens (tertiary/aromatic N) is 3. The highest BCUT2D eigenvalue weighted by atomic mass is 16.1. The minimum atomic E-state index is -0.128. The fourth-order valence-corrected chi connectivity index (χ4v) is 2.51. The molecule has 1 amide bonds. The largest absolute Gasteiger partial charge is 0.356 e. The molecule has 0 aromatic carbocycles. The third kappa shape index (κ3) is 3.18. The monoisotopic (exact) mass is 282 g/mol. The van der Waals surface area contributed by atoms with E-state index in [1.807, 2.05) is 6.07 Å². The number of anilines is 2. The van der Waals surface area contributed by atoms with Crippen molar-refractivity contribution in [1.29, 1.82) is 0 Å². The van der Waals surface area contributed by atoms with Crippen LogP contribution in [0.25, 0.3) is 0 Å². The van der Waals surface area contributed by atoms with Crippen LogP contribution >= 0.6 is 0 Å². The van der Waals surface area contributed by atoms with Gasteiger partial charge in [0, 0.05) is 42.9 Å². The summed E-state index contributed by atoms with van der Waals surface area (Å²) >= 11 is 0. The Bertz CT molecular complexity index is 629. The van der Waals surface area contributed by atoms with Crippen molar-refractivity contribution in [2.75, 3.05) is 23.3 Å². The Kier molecular flexibility index (Phi) is 3.81. The van der Waals surface area contributed by atoms with Gasteiger partial charge in [-0.25, -0.2) is 4.98 Å². The molecule has 0 saturated carbocycles. The van der Waals surface area contributed by atoms with Gasteiger partial charge in [0.25, 0.3) is 5.91 Å². The molecule has 1 saturated heterocycles. The molecule has 1 N–H and O–H groups in total. The summed E-state index contributed by atoms with van der Waals surface area (Å²) in [4.78, 5) is 22.8. The number of nitrogens with one attached hydrogen (secondary N) is 1. The Hall–Kier alpha value is -2.43. The maximum Gasteiger partial charge on any atom is 0.255 e. The number of amides is 1. The van der Waals surface area contributed by atoms with E-state index in [0.717, 1.165) is 24.6 Å². The van der Waals surface area contributed by atoms with E-state index in [9.17, 15) is 4.79 Å². The Labute approximate surface area is 124 Å². The van der Waals surface area contributed by atoms with Crippen molar-refractivity contribution in [2.45, 2.75) is 13.3 Å². The van der Waals surface area contributed by atoms with Crippen molar-refractivity contribution in [3.63, 3.8) is 0 Å². The Balaban J connectivity index is 1.75. The van der Waals surface area contributed by atoms with Gasteiger partial charge in [-0.1, -0.05) is 6.92 Å². The molecular weight excluding hydrogens is 264 g/mol. The number of carbonyl (C=O) groups is 1. The topological polar surface area (TPSA) is 58.1 Å². The van der Waals surface area contributed by atoms with Crippen molar-refractivity contribution in [2.24, 2.45) is 5.92 Å². The zero-order chi connectivity index (χ0) is 14.7. The van der Waals surface area contributed by atoms with Crippen molar-refractivity contribution in [3.8, 4) is 0 Å². The lowest BCUT2D eigenvalue weighted by Crippen LogP contribution is -2.21. The van der Waals surface area contributed by atoms with Gasteiger partial charge in [-0.2, -0.15) is 0 Å². The van der Waals surface area contributed by atoms with Crippen LogP contribution in [-0.2, 0) is 0 Å². The SMILES string of the molecule is CC1CCN(c2cc(C(=O)Nc3ccncc3)ccn2)C1. The standard InChI is InChI=1S/C16H18N4O/c1-12-5-9-20(11-12)15-10-13(2-8-18-15)16(21)19-14-3-6-17-7-4-14/h2-4,6-8,10,12H,5,9,11H2,1H3,(H,17,19,21). The second-order valence-corrected chi connectivity index (χ2v) is 5.43. The zero-order valence-corrected chi connectivity index (χ0v) is 12.0. The third-order valence-corrected chi connectivity index (χ3v) is 3.69. The molecule has 5 heteroatoms. The lowest BCUT2D eigenvalue weighted by molar-refractivity contribution is 0.102. The molecule has 0 bridgehead atoms. The molecule has 1 aliphatic rings. The second-order valence-electron chi connectivity index (χ2n) is 5.43. The number of aromatic nitrogens is 2. The van der Waals surface area contributed by atoms with Gasteiger partial charge in [-0.15, -0.1) is 0 Å². The molecule has 3 heterocycles. The summed E-state index contributed by atoms with van der Waals surface area (Å²) in [6.45, 7) is 4.24. The van der Waals surface area contributed by atoms with Gasteiger partial charge >= 0.3 is 0 Å². The summed E-state index contributed by atoms with van der Waals surface area (Å²) in [6, 6.07) is 7.12. The van der Waals surface area contributed by atoms with Crippen LogP contribution in [0.3, 0.4) is 0 Å². The smallest absolute Gasteiger partial charge is 0.255 e. The average Bonchev–Trinajstić information content (AvgIpc) is 2.95. The molecule has 108 valence electrons. The quantitative estimate of drug-likeness (QED) is 0.940. The minimum Gasteiger partial charge on any atom is -0.356 e. The highest BCUT2D eigenvalue weighted by Gasteiger charge is 2.20. The Morgan fingerprint density at radius 1 is 1.29 bits per heavy atom. The first-order valence-electron chi connectivity index (χ1n) is 7.15. The van der Waals surface area contributed by atoms with Gasteiger partial charge in [-0.3, -0.25) is 9.78 Å². The molecule has 1 aliphatic heterocycles. The maximum absolute atomic E-state index is 12.3. The van der Waals surface area contributed by atoms with Crippen LogP contribution in [0.1, 0.15) is 23.7 Å². The lowest BCUT2D eigenvalue weighted by Gasteiger charge is -2.17. The summed E-state index contributed by atoms with van der Waals surface area (Å²) in [5.74, 6) is 1.43. The van der Waals surface area contributed by atoms with Crippen LogP contribution in [0.2, 0.25) is 0 Å². The van der Waals surface area contributed by atoms with Gasteiger partial charge in [0.15, 0.2) is 0 Å². The molecule has 1 unspecified atom stereocenters. The second kappa shape index (κ2) is 5.91. The molecule has 5 nitrogen and oxygen atoms in total. The fourth-order valence-electron chi connectivity index (χ4n) is 2.51. The number of pyridine rings is 2. The summed E-state index contributed by atoms with van der Waals surface area (Å²) in [6.07, 6.45) is 6.17. The van der Waals surface area contributed by atoms with Crippen molar-refractivity contribution >= 4 is 17.4 Å². The van der Waals surface area contributed by atoms with E-state index in [0.29, 0.717) is 11.5 Å². The first kappa shape index (κ1) is 13.5. The summed E-state index contributed by atoms with van der Waals surface area (Å²) < 4.78 is 0.